The summed E-state index contributed by atoms with van der Waals surface area (Å²) in [5, 5.41) is 2.20. The number of halogens is 1. The molecule has 0 N–H and O–H groups in total. The first-order chi connectivity index (χ1) is 9.31. The Kier molecular flexibility index (Phi) is 3.58. The van der Waals surface area contributed by atoms with Crippen molar-refractivity contribution in [3.8, 4) is 11.1 Å². The predicted molar refractivity (Wildman–Crippen MR) is 86.7 cm³/mol. The van der Waals surface area contributed by atoms with E-state index in [4.69, 9.17) is 4.98 Å². The van der Waals surface area contributed by atoms with Gasteiger partial charge in [0.2, 0.25) is 0 Å². The van der Waals surface area contributed by atoms with Crippen LogP contribution in [0.5, 0.6) is 0 Å². The molecule has 3 heteroatoms. The molecule has 3 aromatic rings. The number of hydrogen-bond donors (Lipinski definition) is 0. The van der Waals surface area contributed by atoms with Gasteiger partial charge in [-0.05, 0) is 33.8 Å². The standard InChI is InChI=1S/C16H12BrNS/c1-19-16-15(17)14(11-7-3-2-4-8-11)12-9-5-6-10-13(12)18-16/h2-10H,1H3. The lowest BCUT2D eigenvalue weighted by Crippen LogP contribution is -1.90. The van der Waals surface area contributed by atoms with Crippen molar-refractivity contribution >= 4 is 38.6 Å². The molecule has 19 heavy (non-hydrogen) atoms. The van der Waals surface area contributed by atoms with Crippen molar-refractivity contribution in [2.24, 2.45) is 0 Å². The molecule has 0 fully saturated rings. The number of para-hydroxylation sites is 1. The molecule has 0 atom stereocenters. The summed E-state index contributed by atoms with van der Waals surface area (Å²) in [5.74, 6) is 0. The minimum atomic E-state index is 1.03. The van der Waals surface area contributed by atoms with Crippen LogP contribution >= 0.6 is 27.7 Å². The molecule has 0 aliphatic carbocycles. The van der Waals surface area contributed by atoms with Gasteiger partial charge in [-0.2, -0.15) is 0 Å². The molecule has 0 spiro atoms. The Hall–Kier alpha value is -1.32. The van der Waals surface area contributed by atoms with Crippen LogP contribution in [0.15, 0.2) is 64.1 Å². The molecule has 0 aliphatic rings. The second-order valence-corrected chi connectivity index (χ2v) is 5.78. The number of aromatic nitrogens is 1. The molecule has 0 bridgehead atoms. The van der Waals surface area contributed by atoms with Gasteiger partial charge in [0, 0.05) is 10.9 Å². The van der Waals surface area contributed by atoms with Crippen molar-refractivity contribution < 1.29 is 0 Å². The van der Waals surface area contributed by atoms with Gasteiger partial charge in [0.15, 0.2) is 0 Å². The molecular formula is C16H12BrNS. The molecule has 1 heterocycles. The average molecular weight is 330 g/mol. The molecule has 0 saturated heterocycles. The lowest BCUT2D eigenvalue weighted by molar-refractivity contribution is 1.17. The van der Waals surface area contributed by atoms with Gasteiger partial charge in [-0.1, -0.05) is 48.5 Å². The highest BCUT2D eigenvalue weighted by atomic mass is 79.9. The van der Waals surface area contributed by atoms with Crippen molar-refractivity contribution in [3.05, 3.63) is 59.1 Å². The molecule has 0 radical (unpaired) electrons. The van der Waals surface area contributed by atoms with Crippen LogP contribution in [0.2, 0.25) is 0 Å². The maximum atomic E-state index is 4.70. The van der Waals surface area contributed by atoms with Gasteiger partial charge in [0.05, 0.1) is 9.99 Å². The Morgan fingerprint density at radius 1 is 0.947 bits per heavy atom. The van der Waals surface area contributed by atoms with Crippen LogP contribution in [0.25, 0.3) is 22.0 Å². The largest absolute Gasteiger partial charge is 0.240 e. The minimum absolute atomic E-state index is 1.03. The van der Waals surface area contributed by atoms with E-state index in [9.17, 15) is 0 Å². The summed E-state index contributed by atoms with van der Waals surface area (Å²) < 4.78 is 1.07. The maximum Gasteiger partial charge on any atom is 0.111 e. The van der Waals surface area contributed by atoms with E-state index in [0.29, 0.717) is 0 Å². The number of thioether (sulfide) groups is 1. The van der Waals surface area contributed by atoms with Gasteiger partial charge in [0.1, 0.15) is 5.03 Å². The smallest absolute Gasteiger partial charge is 0.111 e. The summed E-state index contributed by atoms with van der Waals surface area (Å²) in [6, 6.07) is 18.7. The third kappa shape index (κ3) is 2.28. The van der Waals surface area contributed by atoms with Crippen LogP contribution in [0, 0.1) is 0 Å². The van der Waals surface area contributed by atoms with E-state index in [-0.39, 0.29) is 0 Å². The number of hydrogen-bond acceptors (Lipinski definition) is 2. The fraction of sp³-hybridized carbons (Fsp3) is 0.0625. The molecule has 94 valence electrons. The van der Waals surface area contributed by atoms with E-state index in [1.807, 2.05) is 12.1 Å². The Morgan fingerprint density at radius 2 is 1.63 bits per heavy atom. The third-order valence-electron chi connectivity index (χ3n) is 3.06. The summed E-state index contributed by atoms with van der Waals surface area (Å²) in [6.45, 7) is 0. The van der Waals surface area contributed by atoms with Crippen molar-refractivity contribution in [1.29, 1.82) is 0 Å². The van der Waals surface area contributed by atoms with E-state index < -0.39 is 0 Å². The monoisotopic (exact) mass is 329 g/mol. The predicted octanol–water partition coefficient (Wildman–Crippen LogP) is 5.39. The normalized spacial score (nSPS) is 10.8. The number of nitrogens with zero attached hydrogens (tertiary/aromatic N) is 1. The van der Waals surface area contributed by atoms with Crippen LogP contribution < -0.4 is 0 Å². The van der Waals surface area contributed by atoms with E-state index in [0.717, 1.165) is 15.0 Å². The zero-order valence-corrected chi connectivity index (χ0v) is 12.8. The van der Waals surface area contributed by atoms with Gasteiger partial charge >= 0.3 is 0 Å². The number of rotatable bonds is 2. The molecule has 1 nitrogen and oxygen atoms in total. The summed E-state index contributed by atoms with van der Waals surface area (Å²) in [4.78, 5) is 4.70. The third-order valence-corrected chi connectivity index (χ3v) is 4.78. The highest BCUT2D eigenvalue weighted by molar-refractivity contribution is 9.10. The molecule has 0 saturated carbocycles. The maximum absolute atomic E-state index is 4.70. The first-order valence-corrected chi connectivity index (χ1v) is 8.00. The minimum Gasteiger partial charge on any atom is -0.240 e. The van der Waals surface area contributed by atoms with Crippen molar-refractivity contribution in [2.45, 2.75) is 5.03 Å². The van der Waals surface area contributed by atoms with Crippen molar-refractivity contribution in [1.82, 2.24) is 4.98 Å². The Balaban J connectivity index is 2.41. The average Bonchev–Trinajstić information content (AvgIpc) is 2.47. The zero-order chi connectivity index (χ0) is 13.2. The molecule has 1 aromatic heterocycles. The summed E-state index contributed by atoms with van der Waals surface area (Å²) in [7, 11) is 0. The number of benzene rings is 2. The number of pyridine rings is 1. The molecule has 0 aliphatic heterocycles. The second kappa shape index (κ2) is 5.35. The fourth-order valence-corrected chi connectivity index (χ4v) is 3.68. The summed E-state index contributed by atoms with van der Waals surface area (Å²) >= 11 is 5.38. The van der Waals surface area contributed by atoms with Crippen molar-refractivity contribution in [2.75, 3.05) is 6.26 Å². The Bertz CT molecular complexity index is 725. The summed E-state index contributed by atoms with van der Waals surface area (Å²) in [5.41, 5.74) is 3.47. The molecular weight excluding hydrogens is 318 g/mol. The highest BCUT2D eigenvalue weighted by Crippen LogP contribution is 2.39. The first-order valence-electron chi connectivity index (χ1n) is 5.99. The zero-order valence-electron chi connectivity index (χ0n) is 10.4. The van der Waals surface area contributed by atoms with Gasteiger partial charge in [-0.3, -0.25) is 0 Å². The highest BCUT2D eigenvalue weighted by Gasteiger charge is 2.13. The molecule has 2 aromatic carbocycles. The number of fused-ring (bicyclic) bond motifs is 1. The van der Waals surface area contributed by atoms with Crippen LogP contribution in [0.4, 0.5) is 0 Å². The molecule has 0 amide bonds. The molecule has 0 unspecified atom stereocenters. The fourth-order valence-electron chi connectivity index (χ4n) is 2.19. The van der Waals surface area contributed by atoms with Crippen LogP contribution in [-0.4, -0.2) is 11.2 Å². The topological polar surface area (TPSA) is 12.9 Å². The van der Waals surface area contributed by atoms with Crippen LogP contribution in [0.3, 0.4) is 0 Å². The van der Waals surface area contributed by atoms with E-state index in [1.54, 1.807) is 11.8 Å². The Morgan fingerprint density at radius 3 is 2.37 bits per heavy atom. The second-order valence-electron chi connectivity index (χ2n) is 4.19. The lowest BCUT2D eigenvalue weighted by Gasteiger charge is -2.12. The lowest BCUT2D eigenvalue weighted by atomic mass is 10.0. The van der Waals surface area contributed by atoms with E-state index in [2.05, 4.69) is 64.7 Å². The van der Waals surface area contributed by atoms with E-state index >= 15 is 0 Å². The quantitative estimate of drug-likeness (QED) is 0.585. The van der Waals surface area contributed by atoms with Crippen LogP contribution in [0.1, 0.15) is 0 Å². The SMILES string of the molecule is CSc1nc2ccccc2c(-c2ccccc2)c1Br. The van der Waals surface area contributed by atoms with Gasteiger partial charge in [-0.15, -0.1) is 11.8 Å². The first kappa shape index (κ1) is 12.7. The van der Waals surface area contributed by atoms with Gasteiger partial charge < -0.3 is 0 Å². The van der Waals surface area contributed by atoms with Crippen molar-refractivity contribution in [3.63, 3.8) is 0 Å². The Labute approximate surface area is 125 Å². The van der Waals surface area contributed by atoms with Gasteiger partial charge in [-0.25, -0.2) is 4.98 Å². The van der Waals surface area contributed by atoms with Gasteiger partial charge in [0.25, 0.3) is 0 Å². The molecule has 3 rings (SSSR count). The van der Waals surface area contributed by atoms with Crippen LogP contribution in [-0.2, 0) is 0 Å². The summed E-state index contributed by atoms with van der Waals surface area (Å²) in [6.07, 6.45) is 2.05. The van der Waals surface area contributed by atoms with E-state index in [1.165, 1.54) is 16.5 Å².